The zero-order valence-corrected chi connectivity index (χ0v) is 11.9. The van der Waals surface area contributed by atoms with Crippen molar-refractivity contribution < 1.29 is 0 Å². The first-order valence-electron chi connectivity index (χ1n) is 6.90. The number of aryl methyl sites for hydroxylation is 2. The van der Waals surface area contributed by atoms with Gasteiger partial charge in [0.1, 0.15) is 5.65 Å². The van der Waals surface area contributed by atoms with Crippen LogP contribution in [-0.4, -0.2) is 9.38 Å². The van der Waals surface area contributed by atoms with Gasteiger partial charge >= 0.3 is 0 Å². The maximum atomic E-state index is 5.93. The largest absolute Gasteiger partial charge is 0.325 e. The Bertz CT molecular complexity index is 756. The van der Waals surface area contributed by atoms with Crippen LogP contribution in [0.3, 0.4) is 0 Å². The molecular weight excluding hydrogens is 246 g/mol. The van der Waals surface area contributed by atoms with Crippen molar-refractivity contribution in [2.24, 2.45) is 5.73 Å². The average Bonchev–Trinajstić information content (AvgIpc) is 2.77. The first kappa shape index (κ1) is 12.9. The van der Waals surface area contributed by atoms with Crippen LogP contribution in [0.25, 0.3) is 5.65 Å². The van der Waals surface area contributed by atoms with Crippen LogP contribution in [0.15, 0.2) is 42.6 Å². The first-order valence-corrected chi connectivity index (χ1v) is 6.90. The predicted octanol–water partition coefficient (Wildman–Crippen LogP) is 3.00. The van der Waals surface area contributed by atoms with Gasteiger partial charge in [-0.25, -0.2) is 4.98 Å². The molecule has 20 heavy (non-hydrogen) atoms. The van der Waals surface area contributed by atoms with Crippen LogP contribution >= 0.6 is 0 Å². The number of hydrogen-bond donors (Lipinski definition) is 1. The van der Waals surface area contributed by atoms with Crippen molar-refractivity contribution in [3.8, 4) is 0 Å². The van der Waals surface area contributed by atoms with Crippen LogP contribution in [0.1, 0.15) is 28.1 Å². The van der Waals surface area contributed by atoms with Crippen LogP contribution in [0, 0.1) is 13.8 Å². The van der Waals surface area contributed by atoms with Crippen molar-refractivity contribution in [2.75, 3.05) is 0 Å². The quantitative estimate of drug-likeness (QED) is 0.791. The third-order valence-electron chi connectivity index (χ3n) is 3.67. The third kappa shape index (κ3) is 2.21. The van der Waals surface area contributed by atoms with Gasteiger partial charge in [0.2, 0.25) is 0 Å². The van der Waals surface area contributed by atoms with E-state index in [1.165, 1.54) is 16.7 Å². The van der Waals surface area contributed by atoms with E-state index in [-0.39, 0.29) is 0 Å². The van der Waals surface area contributed by atoms with E-state index in [1.807, 2.05) is 12.3 Å². The van der Waals surface area contributed by atoms with E-state index < -0.39 is 0 Å². The van der Waals surface area contributed by atoms with Crippen LogP contribution < -0.4 is 5.73 Å². The maximum Gasteiger partial charge on any atom is 0.140 e. The molecule has 0 aliphatic rings. The first-order chi connectivity index (χ1) is 9.69. The van der Waals surface area contributed by atoms with Gasteiger partial charge in [-0.3, -0.25) is 0 Å². The molecule has 0 bridgehead atoms. The van der Waals surface area contributed by atoms with E-state index in [0.29, 0.717) is 6.54 Å². The summed E-state index contributed by atoms with van der Waals surface area (Å²) in [6, 6.07) is 12.7. The Morgan fingerprint density at radius 2 is 2.00 bits per heavy atom. The summed E-state index contributed by atoms with van der Waals surface area (Å²) in [5.74, 6) is 0. The van der Waals surface area contributed by atoms with Crippen molar-refractivity contribution in [3.63, 3.8) is 0 Å². The molecule has 3 rings (SSSR count). The molecule has 0 amide bonds. The van der Waals surface area contributed by atoms with E-state index in [0.717, 1.165) is 23.5 Å². The minimum absolute atomic E-state index is 0.506. The highest BCUT2D eigenvalue weighted by molar-refractivity contribution is 5.51. The highest BCUT2D eigenvalue weighted by Gasteiger charge is 2.12. The lowest BCUT2D eigenvalue weighted by molar-refractivity contribution is 0.924. The van der Waals surface area contributed by atoms with E-state index in [9.17, 15) is 0 Å². The molecule has 0 atom stereocenters. The number of benzene rings is 1. The zero-order valence-electron chi connectivity index (χ0n) is 11.9. The molecule has 3 nitrogen and oxygen atoms in total. The fourth-order valence-electron chi connectivity index (χ4n) is 2.67. The van der Waals surface area contributed by atoms with E-state index >= 15 is 0 Å². The zero-order chi connectivity index (χ0) is 14.1. The summed E-state index contributed by atoms with van der Waals surface area (Å²) in [5.41, 5.74) is 12.9. The maximum absolute atomic E-state index is 5.93. The fraction of sp³-hybridized carbons (Fsp3) is 0.235. The molecule has 2 N–H and O–H groups in total. The van der Waals surface area contributed by atoms with Gasteiger partial charge in [0.15, 0.2) is 0 Å². The number of fused-ring (bicyclic) bond motifs is 1. The normalized spacial score (nSPS) is 11.2. The summed E-state index contributed by atoms with van der Waals surface area (Å²) in [6.07, 6.45) is 2.87. The Morgan fingerprint density at radius 3 is 2.75 bits per heavy atom. The van der Waals surface area contributed by atoms with Gasteiger partial charge in [-0.1, -0.05) is 35.9 Å². The third-order valence-corrected chi connectivity index (χ3v) is 3.67. The Kier molecular flexibility index (Phi) is 3.28. The van der Waals surface area contributed by atoms with Gasteiger partial charge in [-0.05, 0) is 31.0 Å². The second-order valence-electron chi connectivity index (χ2n) is 5.26. The molecule has 0 fully saturated rings. The van der Waals surface area contributed by atoms with Gasteiger partial charge in [0.25, 0.3) is 0 Å². The summed E-state index contributed by atoms with van der Waals surface area (Å²) in [4.78, 5) is 4.79. The number of aromatic nitrogens is 2. The van der Waals surface area contributed by atoms with Gasteiger partial charge in [0.05, 0.1) is 11.4 Å². The van der Waals surface area contributed by atoms with E-state index in [2.05, 4.69) is 48.6 Å². The Balaban J connectivity index is 2.09. The SMILES string of the molecule is Cc1cccc(Cc2nc3c(C)cccn3c2CN)c1. The lowest BCUT2D eigenvalue weighted by Crippen LogP contribution is -2.04. The van der Waals surface area contributed by atoms with Gasteiger partial charge in [-0.2, -0.15) is 0 Å². The summed E-state index contributed by atoms with van der Waals surface area (Å²) in [7, 11) is 0. The smallest absolute Gasteiger partial charge is 0.140 e. The minimum Gasteiger partial charge on any atom is -0.325 e. The van der Waals surface area contributed by atoms with Crippen LogP contribution in [0.5, 0.6) is 0 Å². The van der Waals surface area contributed by atoms with Crippen LogP contribution in [-0.2, 0) is 13.0 Å². The molecule has 0 radical (unpaired) electrons. The molecule has 3 aromatic rings. The summed E-state index contributed by atoms with van der Waals surface area (Å²) in [5, 5.41) is 0. The Labute approximate surface area is 119 Å². The number of hydrogen-bond acceptors (Lipinski definition) is 2. The number of imidazole rings is 1. The fourth-order valence-corrected chi connectivity index (χ4v) is 2.67. The lowest BCUT2D eigenvalue weighted by atomic mass is 10.1. The highest BCUT2D eigenvalue weighted by atomic mass is 15.0. The van der Waals surface area contributed by atoms with Crippen molar-refractivity contribution in [2.45, 2.75) is 26.8 Å². The van der Waals surface area contributed by atoms with Gasteiger partial charge in [-0.15, -0.1) is 0 Å². The standard InChI is InChI=1S/C17H19N3/c1-12-5-3-7-14(9-12)10-15-16(11-18)20-8-4-6-13(2)17(20)19-15/h3-9H,10-11,18H2,1-2H3. The molecule has 1 aromatic carbocycles. The molecule has 0 aliphatic heterocycles. The molecule has 0 aliphatic carbocycles. The Hall–Kier alpha value is -2.13. The molecule has 2 heterocycles. The predicted molar refractivity (Wildman–Crippen MR) is 81.8 cm³/mol. The summed E-state index contributed by atoms with van der Waals surface area (Å²) < 4.78 is 2.11. The lowest BCUT2D eigenvalue weighted by Gasteiger charge is -2.03. The topological polar surface area (TPSA) is 43.3 Å². The van der Waals surface area contributed by atoms with Crippen molar-refractivity contribution in [1.82, 2.24) is 9.38 Å². The molecule has 0 unspecified atom stereocenters. The van der Waals surface area contributed by atoms with Gasteiger partial charge < -0.3 is 10.1 Å². The molecule has 0 saturated heterocycles. The molecule has 0 saturated carbocycles. The molecular formula is C17H19N3. The number of rotatable bonds is 3. The minimum atomic E-state index is 0.506. The number of pyridine rings is 1. The van der Waals surface area contributed by atoms with Crippen molar-refractivity contribution >= 4 is 5.65 Å². The molecule has 3 heteroatoms. The summed E-state index contributed by atoms with van der Waals surface area (Å²) in [6.45, 7) is 4.70. The molecule has 0 spiro atoms. The van der Waals surface area contributed by atoms with Crippen molar-refractivity contribution in [3.05, 3.63) is 70.7 Å². The number of nitrogens with zero attached hydrogens (tertiary/aromatic N) is 2. The average molecular weight is 265 g/mol. The van der Waals surface area contributed by atoms with E-state index in [1.54, 1.807) is 0 Å². The van der Waals surface area contributed by atoms with Gasteiger partial charge in [0, 0.05) is 19.2 Å². The molecule has 2 aromatic heterocycles. The summed E-state index contributed by atoms with van der Waals surface area (Å²) >= 11 is 0. The second-order valence-corrected chi connectivity index (χ2v) is 5.26. The highest BCUT2D eigenvalue weighted by Crippen LogP contribution is 2.19. The monoisotopic (exact) mass is 265 g/mol. The van der Waals surface area contributed by atoms with Crippen molar-refractivity contribution in [1.29, 1.82) is 0 Å². The van der Waals surface area contributed by atoms with Crippen LogP contribution in [0.4, 0.5) is 0 Å². The van der Waals surface area contributed by atoms with E-state index in [4.69, 9.17) is 10.7 Å². The Morgan fingerprint density at radius 1 is 1.15 bits per heavy atom. The number of nitrogens with two attached hydrogens (primary N) is 1. The van der Waals surface area contributed by atoms with Crippen LogP contribution in [0.2, 0.25) is 0 Å². The molecule has 102 valence electrons. The second kappa shape index (κ2) is 5.10.